The van der Waals surface area contributed by atoms with Gasteiger partial charge in [0.25, 0.3) is 0 Å². The lowest BCUT2D eigenvalue weighted by molar-refractivity contribution is -0.144. The van der Waals surface area contributed by atoms with E-state index in [0.29, 0.717) is 5.75 Å². The molecular formula is C12H17NO3. The van der Waals surface area contributed by atoms with Crippen LogP contribution in [0.4, 0.5) is 0 Å². The summed E-state index contributed by atoms with van der Waals surface area (Å²) in [6, 6.07) is 3.86. The number of carboxylic acid groups (broad SMARTS) is 1. The number of aryl methyl sites for hydroxylation is 2. The second kappa shape index (κ2) is 4.99. The average molecular weight is 223 g/mol. The van der Waals surface area contributed by atoms with E-state index in [1.165, 1.54) is 0 Å². The van der Waals surface area contributed by atoms with Crippen LogP contribution in [0, 0.1) is 20.8 Å². The third-order valence-electron chi connectivity index (χ3n) is 2.52. The summed E-state index contributed by atoms with van der Waals surface area (Å²) in [5.74, 6) is -0.448. The van der Waals surface area contributed by atoms with E-state index in [4.69, 9.17) is 15.6 Å². The molecule has 4 heteroatoms. The first kappa shape index (κ1) is 12.5. The van der Waals surface area contributed by atoms with Crippen LogP contribution in [-0.2, 0) is 4.79 Å². The van der Waals surface area contributed by atoms with Crippen molar-refractivity contribution in [3.05, 3.63) is 28.8 Å². The molecule has 1 rings (SSSR count). The van der Waals surface area contributed by atoms with E-state index >= 15 is 0 Å². The molecule has 0 radical (unpaired) electrons. The van der Waals surface area contributed by atoms with Gasteiger partial charge in [-0.05, 0) is 43.5 Å². The number of hydrogen-bond acceptors (Lipinski definition) is 3. The molecule has 1 aromatic carbocycles. The number of aliphatic carboxylic acids is 1. The molecule has 0 heterocycles. The fourth-order valence-electron chi connectivity index (χ4n) is 1.48. The summed E-state index contributed by atoms with van der Waals surface area (Å²) >= 11 is 0. The lowest BCUT2D eigenvalue weighted by Gasteiger charge is -2.16. The minimum atomic E-state index is -1.04. The summed E-state index contributed by atoms with van der Waals surface area (Å²) in [7, 11) is 0. The van der Waals surface area contributed by atoms with Crippen molar-refractivity contribution in [1.82, 2.24) is 0 Å². The van der Waals surface area contributed by atoms with Crippen molar-refractivity contribution in [1.29, 1.82) is 0 Å². The van der Waals surface area contributed by atoms with Gasteiger partial charge in [-0.2, -0.15) is 0 Å². The topological polar surface area (TPSA) is 72.5 Å². The van der Waals surface area contributed by atoms with Gasteiger partial charge in [0, 0.05) is 6.54 Å². The summed E-state index contributed by atoms with van der Waals surface area (Å²) in [4.78, 5) is 10.8. The van der Waals surface area contributed by atoms with Gasteiger partial charge in [0.05, 0.1) is 0 Å². The van der Waals surface area contributed by atoms with Crippen LogP contribution >= 0.6 is 0 Å². The Kier molecular flexibility index (Phi) is 3.90. The highest BCUT2D eigenvalue weighted by molar-refractivity contribution is 5.73. The molecule has 0 saturated carbocycles. The molecule has 0 aromatic heterocycles. The van der Waals surface area contributed by atoms with E-state index in [9.17, 15) is 4.79 Å². The maximum atomic E-state index is 10.8. The van der Waals surface area contributed by atoms with Crippen LogP contribution in [0.5, 0.6) is 5.75 Å². The highest BCUT2D eigenvalue weighted by atomic mass is 16.5. The molecule has 0 aliphatic carbocycles. The summed E-state index contributed by atoms with van der Waals surface area (Å²) in [5.41, 5.74) is 8.41. The zero-order valence-electron chi connectivity index (χ0n) is 9.78. The summed E-state index contributed by atoms with van der Waals surface area (Å²) in [6.45, 7) is 5.77. The third kappa shape index (κ3) is 2.73. The molecule has 0 aliphatic heterocycles. The Labute approximate surface area is 95.0 Å². The number of carboxylic acids is 1. The van der Waals surface area contributed by atoms with Crippen LogP contribution in [0.25, 0.3) is 0 Å². The lowest BCUT2D eigenvalue weighted by Crippen LogP contribution is -2.35. The van der Waals surface area contributed by atoms with Crippen molar-refractivity contribution in [3.8, 4) is 5.75 Å². The van der Waals surface area contributed by atoms with Gasteiger partial charge >= 0.3 is 5.97 Å². The Morgan fingerprint density at radius 1 is 1.44 bits per heavy atom. The number of hydrogen-bond donors (Lipinski definition) is 2. The van der Waals surface area contributed by atoms with E-state index < -0.39 is 12.1 Å². The maximum absolute atomic E-state index is 10.8. The molecule has 1 aromatic rings. The van der Waals surface area contributed by atoms with Gasteiger partial charge in [0.1, 0.15) is 5.75 Å². The van der Waals surface area contributed by atoms with Gasteiger partial charge in [-0.1, -0.05) is 6.07 Å². The molecule has 1 unspecified atom stereocenters. The van der Waals surface area contributed by atoms with Crippen molar-refractivity contribution in [3.63, 3.8) is 0 Å². The van der Waals surface area contributed by atoms with Gasteiger partial charge in [0.15, 0.2) is 0 Å². The van der Waals surface area contributed by atoms with Crippen LogP contribution in [-0.4, -0.2) is 23.7 Å². The SMILES string of the molecule is Cc1cc(C)c(C)c(OC(CN)C(=O)O)c1. The minimum absolute atomic E-state index is 0.0399. The van der Waals surface area contributed by atoms with Crippen molar-refractivity contribution in [2.24, 2.45) is 5.73 Å². The number of rotatable bonds is 4. The molecule has 3 N–H and O–H groups in total. The molecule has 0 spiro atoms. The lowest BCUT2D eigenvalue weighted by atomic mass is 10.1. The van der Waals surface area contributed by atoms with Gasteiger partial charge in [-0.25, -0.2) is 4.79 Å². The zero-order chi connectivity index (χ0) is 12.3. The first-order valence-electron chi connectivity index (χ1n) is 5.13. The van der Waals surface area contributed by atoms with Gasteiger partial charge in [-0.3, -0.25) is 0 Å². The Morgan fingerprint density at radius 3 is 2.56 bits per heavy atom. The molecule has 0 amide bonds. The van der Waals surface area contributed by atoms with Crippen LogP contribution in [0.15, 0.2) is 12.1 Å². The second-order valence-corrected chi connectivity index (χ2v) is 3.89. The highest BCUT2D eigenvalue weighted by Gasteiger charge is 2.18. The predicted octanol–water partition coefficient (Wildman–Crippen LogP) is 1.40. The van der Waals surface area contributed by atoms with E-state index in [2.05, 4.69) is 0 Å². The molecule has 16 heavy (non-hydrogen) atoms. The van der Waals surface area contributed by atoms with Gasteiger partial charge < -0.3 is 15.6 Å². The van der Waals surface area contributed by atoms with Crippen LogP contribution in [0.2, 0.25) is 0 Å². The monoisotopic (exact) mass is 223 g/mol. The molecule has 0 aliphatic rings. The van der Waals surface area contributed by atoms with Crippen molar-refractivity contribution < 1.29 is 14.6 Å². The number of benzene rings is 1. The zero-order valence-corrected chi connectivity index (χ0v) is 9.78. The van der Waals surface area contributed by atoms with E-state index in [0.717, 1.165) is 16.7 Å². The first-order chi connectivity index (χ1) is 7.45. The van der Waals surface area contributed by atoms with Crippen LogP contribution in [0.3, 0.4) is 0 Å². The largest absolute Gasteiger partial charge is 0.478 e. The maximum Gasteiger partial charge on any atom is 0.346 e. The van der Waals surface area contributed by atoms with Crippen LogP contribution < -0.4 is 10.5 Å². The van der Waals surface area contributed by atoms with Gasteiger partial charge in [-0.15, -0.1) is 0 Å². The Bertz CT molecular complexity index is 401. The molecular weight excluding hydrogens is 206 g/mol. The van der Waals surface area contributed by atoms with E-state index in [1.54, 1.807) is 0 Å². The van der Waals surface area contributed by atoms with E-state index in [-0.39, 0.29) is 6.54 Å². The Hall–Kier alpha value is -1.55. The normalized spacial score (nSPS) is 12.2. The van der Waals surface area contributed by atoms with Gasteiger partial charge in [0.2, 0.25) is 6.10 Å². The molecule has 88 valence electrons. The number of nitrogens with two attached hydrogens (primary N) is 1. The third-order valence-corrected chi connectivity index (χ3v) is 2.52. The van der Waals surface area contributed by atoms with Crippen molar-refractivity contribution in [2.45, 2.75) is 26.9 Å². The molecule has 1 atom stereocenters. The number of ether oxygens (including phenoxy) is 1. The summed E-state index contributed by atoms with van der Waals surface area (Å²) in [6.07, 6.45) is -0.986. The van der Waals surface area contributed by atoms with Crippen LogP contribution in [0.1, 0.15) is 16.7 Å². The summed E-state index contributed by atoms with van der Waals surface area (Å²) in [5, 5.41) is 8.86. The molecule has 0 bridgehead atoms. The molecule has 0 fully saturated rings. The number of carbonyl (C=O) groups is 1. The fraction of sp³-hybridized carbons (Fsp3) is 0.417. The smallest absolute Gasteiger partial charge is 0.346 e. The minimum Gasteiger partial charge on any atom is -0.478 e. The summed E-state index contributed by atoms with van der Waals surface area (Å²) < 4.78 is 5.39. The first-order valence-corrected chi connectivity index (χ1v) is 5.13. The Morgan fingerprint density at radius 2 is 2.06 bits per heavy atom. The molecule has 0 saturated heterocycles. The quantitative estimate of drug-likeness (QED) is 0.809. The predicted molar refractivity (Wildman–Crippen MR) is 61.8 cm³/mol. The van der Waals surface area contributed by atoms with Crippen molar-refractivity contribution in [2.75, 3.05) is 6.54 Å². The Balaban J connectivity index is 3.00. The standard InChI is InChI=1S/C12H17NO3/c1-7-4-8(2)9(3)10(5-7)16-11(6-13)12(14)15/h4-5,11H,6,13H2,1-3H3,(H,14,15). The molecule has 4 nitrogen and oxygen atoms in total. The average Bonchev–Trinajstić information content (AvgIpc) is 2.20. The second-order valence-electron chi connectivity index (χ2n) is 3.89. The van der Waals surface area contributed by atoms with E-state index in [1.807, 2.05) is 32.9 Å². The fourth-order valence-corrected chi connectivity index (χ4v) is 1.48. The highest BCUT2D eigenvalue weighted by Crippen LogP contribution is 2.24. The van der Waals surface area contributed by atoms with Crippen molar-refractivity contribution >= 4 is 5.97 Å².